The van der Waals surface area contributed by atoms with Gasteiger partial charge in [0.05, 0.1) is 11.8 Å². The van der Waals surface area contributed by atoms with E-state index in [2.05, 4.69) is 4.98 Å². The second kappa shape index (κ2) is 8.26. The predicted molar refractivity (Wildman–Crippen MR) is 117 cm³/mol. The number of furan rings is 1. The molecule has 1 unspecified atom stereocenters. The Labute approximate surface area is 192 Å². The Bertz CT molecular complexity index is 1300. The summed E-state index contributed by atoms with van der Waals surface area (Å²) >= 11 is 6.44. The third kappa shape index (κ3) is 3.99. The minimum atomic E-state index is -4.69. The summed E-state index contributed by atoms with van der Waals surface area (Å²) in [5, 5.41) is -0.157. The minimum Gasteiger partial charge on any atom is -0.464 e. The summed E-state index contributed by atoms with van der Waals surface area (Å²) in [5.41, 5.74) is -0.285. The monoisotopic (exact) mass is 473 g/mol. The number of likely N-dealkylation sites (tertiary alicyclic amines) is 1. The molecule has 5 nitrogen and oxygen atoms in total. The van der Waals surface area contributed by atoms with E-state index >= 15 is 0 Å². The number of carbonyl (C=O) groups is 1. The third-order valence-electron chi connectivity index (χ3n) is 5.95. The first kappa shape index (κ1) is 21.6. The van der Waals surface area contributed by atoms with Gasteiger partial charge >= 0.3 is 6.18 Å². The van der Waals surface area contributed by atoms with Crippen molar-refractivity contribution in [1.82, 2.24) is 14.3 Å². The molecule has 1 amide bonds. The first-order valence-electron chi connectivity index (χ1n) is 10.5. The number of imidazole rings is 1. The topological polar surface area (TPSA) is 50.8 Å². The van der Waals surface area contributed by atoms with Gasteiger partial charge in [-0.25, -0.2) is 4.98 Å². The Balaban J connectivity index is 1.54. The number of nitrogens with zero attached hydrogens (tertiary/aromatic N) is 3. The lowest BCUT2D eigenvalue weighted by molar-refractivity contribution is -0.136. The molecule has 33 heavy (non-hydrogen) atoms. The van der Waals surface area contributed by atoms with E-state index in [0.717, 1.165) is 28.9 Å². The van der Waals surface area contributed by atoms with Crippen LogP contribution in [0, 0.1) is 0 Å². The highest BCUT2D eigenvalue weighted by atomic mass is 35.5. The van der Waals surface area contributed by atoms with Crippen molar-refractivity contribution in [3.05, 3.63) is 83.0 Å². The van der Waals surface area contributed by atoms with Gasteiger partial charge in [-0.15, -0.1) is 0 Å². The Morgan fingerprint density at radius 1 is 1.15 bits per heavy atom. The molecule has 0 N–H and O–H groups in total. The molecule has 1 aromatic carbocycles. The number of fused-ring (bicyclic) bond motifs is 1. The van der Waals surface area contributed by atoms with Crippen LogP contribution in [-0.2, 0) is 6.18 Å². The van der Waals surface area contributed by atoms with Crippen molar-refractivity contribution in [2.45, 2.75) is 24.9 Å². The maximum atomic E-state index is 13.9. The van der Waals surface area contributed by atoms with Gasteiger partial charge in [-0.2, -0.15) is 13.2 Å². The number of halogens is 4. The zero-order chi connectivity index (χ0) is 23.2. The lowest BCUT2D eigenvalue weighted by Crippen LogP contribution is -2.39. The SMILES string of the molecule is O=C(c1nc2c(C(F)(F)F)cc(-c3ccco3)cn2c1Cl)N1CCCC(c2ccccc2)C1. The number of amides is 1. The van der Waals surface area contributed by atoms with Crippen molar-refractivity contribution in [3.63, 3.8) is 0 Å². The highest BCUT2D eigenvalue weighted by Crippen LogP contribution is 2.37. The smallest absolute Gasteiger partial charge is 0.420 e. The Kier molecular flexibility index (Phi) is 5.40. The van der Waals surface area contributed by atoms with Crippen LogP contribution in [-0.4, -0.2) is 33.3 Å². The predicted octanol–water partition coefficient (Wildman–Crippen LogP) is 6.29. The van der Waals surface area contributed by atoms with Gasteiger partial charge in [-0.3, -0.25) is 9.20 Å². The molecule has 3 aromatic heterocycles. The summed E-state index contributed by atoms with van der Waals surface area (Å²) in [7, 11) is 0. The highest BCUT2D eigenvalue weighted by molar-refractivity contribution is 6.33. The van der Waals surface area contributed by atoms with Crippen molar-refractivity contribution in [2.75, 3.05) is 13.1 Å². The second-order valence-corrected chi connectivity index (χ2v) is 8.42. The maximum Gasteiger partial charge on any atom is 0.420 e. The van der Waals surface area contributed by atoms with Crippen LogP contribution in [0.3, 0.4) is 0 Å². The van der Waals surface area contributed by atoms with E-state index in [9.17, 15) is 18.0 Å². The van der Waals surface area contributed by atoms with Crippen molar-refractivity contribution in [1.29, 1.82) is 0 Å². The summed E-state index contributed by atoms with van der Waals surface area (Å²) in [5.74, 6) is -0.0743. The van der Waals surface area contributed by atoms with Gasteiger partial charge in [-0.05, 0) is 36.6 Å². The number of pyridine rings is 1. The van der Waals surface area contributed by atoms with Crippen molar-refractivity contribution in [3.8, 4) is 11.3 Å². The molecular formula is C24H19ClF3N3O2. The summed E-state index contributed by atoms with van der Waals surface area (Å²) in [6.07, 6.45) is -0.207. The zero-order valence-electron chi connectivity index (χ0n) is 17.3. The average Bonchev–Trinajstić information content (AvgIpc) is 3.47. The third-order valence-corrected chi connectivity index (χ3v) is 6.32. The fraction of sp³-hybridized carbons (Fsp3) is 0.250. The van der Waals surface area contributed by atoms with E-state index in [1.807, 2.05) is 30.3 Å². The number of hydrogen-bond acceptors (Lipinski definition) is 3. The number of hydrogen-bond donors (Lipinski definition) is 0. The number of rotatable bonds is 3. The maximum absolute atomic E-state index is 13.9. The molecular weight excluding hydrogens is 455 g/mol. The quantitative estimate of drug-likeness (QED) is 0.351. The summed E-state index contributed by atoms with van der Waals surface area (Å²) in [4.78, 5) is 19.0. The van der Waals surface area contributed by atoms with Gasteiger partial charge in [0.25, 0.3) is 5.91 Å². The largest absolute Gasteiger partial charge is 0.464 e. The standard InChI is InChI=1S/C24H19ClF3N3O2/c25-21-20(23(32)30-10-4-8-16(13-30)15-6-2-1-3-7-15)29-22-18(24(26,27)28)12-17(14-31(21)22)19-9-5-11-33-19/h1-3,5-7,9,11-12,14,16H,4,8,10,13H2. The van der Waals surface area contributed by atoms with Crippen molar-refractivity contribution < 1.29 is 22.4 Å². The van der Waals surface area contributed by atoms with Crippen LogP contribution in [0.1, 0.15) is 40.4 Å². The van der Waals surface area contributed by atoms with E-state index in [4.69, 9.17) is 16.0 Å². The normalized spacial score (nSPS) is 17.0. The first-order valence-corrected chi connectivity index (χ1v) is 10.9. The summed E-state index contributed by atoms with van der Waals surface area (Å²) < 4.78 is 47.9. The van der Waals surface area contributed by atoms with E-state index in [1.165, 1.54) is 12.5 Å². The average molecular weight is 474 g/mol. The molecule has 4 aromatic rings. The lowest BCUT2D eigenvalue weighted by Gasteiger charge is -2.32. The molecule has 1 atom stereocenters. The Hall–Kier alpha value is -3.26. The van der Waals surface area contributed by atoms with Crippen LogP contribution in [0.2, 0.25) is 5.15 Å². The molecule has 0 bridgehead atoms. The second-order valence-electron chi connectivity index (χ2n) is 8.06. The van der Waals surface area contributed by atoms with Gasteiger partial charge in [0.2, 0.25) is 0 Å². The van der Waals surface area contributed by atoms with Gasteiger partial charge in [0, 0.05) is 30.8 Å². The van der Waals surface area contributed by atoms with Crippen molar-refractivity contribution >= 4 is 23.2 Å². The van der Waals surface area contributed by atoms with Gasteiger partial charge < -0.3 is 9.32 Å². The van der Waals surface area contributed by atoms with E-state index in [1.54, 1.807) is 17.0 Å². The number of benzene rings is 1. The van der Waals surface area contributed by atoms with Crippen LogP contribution in [0.5, 0.6) is 0 Å². The highest BCUT2D eigenvalue weighted by Gasteiger charge is 2.37. The van der Waals surface area contributed by atoms with E-state index in [0.29, 0.717) is 13.1 Å². The van der Waals surface area contributed by atoms with Crippen LogP contribution < -0.4 is 0 Å². The van der Waals surface area contributed by atoms with Gasteiger partial charge in [0.15, 0.2) is 11.3 Å². The molecule has 0 radical (unpaired) electrons. The molecule has 4 heterocycles. The fourth-order valence-corrected chi connectivity index (χ4v) is 4.60. The van der Waals surface area contributed by atoms with Crippen LogP contribution >= 0.6 is 11.6 Å². The Morgan fingerprint density at radius 2 is 1.94 bits per heavy atom. The number of carbonyl (C=O) groups excluding carboxylic acids is 1. The lowest BCUT2D eigenvalue weighted by atomic mass is 9.90. The molecule has 0 saturated carbocycles. The summed E-state index contributed by atoms with van der Waals surface area (Å²) in [6, 6.07) is 13.9. The van der Waals surface area contributed by atoms with Gasteiger partial charge in [0.1, 0.15) is 10.9 Å². The van der Waals surface area contributed by atoms with E-state index in [-0.39, 0.29) is 28.1 Å². The molecule has 170 valence electrons. The minimum absolute atomic E-state index is 0.149. The molecule has 9 heteroatoms. The Morgan fingerprint density at radius 3 is 2.64 bits per heavy atom. The van der Waals surface area contributed by atoms with E-state index < -0.39 is 23.3 Å². The number of alkyl halides is 3. The fourth-order valence-electron chi connectivity index (χ4n) is 4.35. The molecule has 1 saturated heterocycles. The molecule has 0 spiro atoms. The van der Waals surface area contributed by atoms with Gasteiger partial charge in [-0.1, -0.05) is 41.9 Å². The van der Waals surface area contributed by atoms with Crippen LogP contribution in [0.4, 0.5) is 13.2 Å². The molecule has 1 fully saturated rings. The molecule has 0 aliphatic carbocycles. The first-order chi connectivity index (χ1) is 15.8. The van der Waals surface area contributed by atoms with Crippen molar-refractivity contribution in [2.24, 2.45) is 0 Å². The van der Waals surface area contributed by atoms with Crippen LogP contribution in [0.25, 0.3) is 17.0 Å². The number of aromatic nitrogens is 2. The molecule has 1 aliphatic rings. The molecule has 1 aliphatic heterocycles. The summed E-state index contributed by atoms with van der Waals surface area (Å²) in [6.45, 7) is 0.951. The molecule has 5 rings (SSSR count). The van der Waals surface area contributed by atoms with Crippen LogP contribution in [0.15, 0.2) is 65.4 Å². The number of piperidine rings is 1. The zero-order valence-corrected chi connectivity index (χ0v) is 18.1.